The lowest BCUT2D eigenvalue weighted by Gasteiger charge is -1.89. The van der Waals surface area contributed by atoms with Crippen LogP contribution in [0.1, 0.15) is 0 Å². The second-order valence-corrected chi connectivity index (χ2v) is 3.14. The Balaban J connectivity index is 2.82. The SMILES string of the molecule is Fc1cn2cc(I)nc2cn1. The third kappa shape index (κ3) is 1.20. The van der Waals surface area contributed by atoms with E-state index in [1.807, 2.05) is 0 Å². The fraction of sp³-hybridized carbons (Fsp3) is 0. The maximum absolute atomic E-state index is 12.5. The van der Waals surface area contributed by atoms with E-state index < -0.39 is 5.95 Å². The number of rotatable bonds is 0. The van der Waals surface area contributed by atoms with Crippen molar-refractivity contribution in [2.24, 2.45) is 0 Å². The second-order valence-electron chi connectivity index (χ2n) is 2.04. The number of hydrogen-bond donors (Lipinski definition) is 0. The molecule has 0 aromatic carbocycles. The quantitative estimate of drug-likeness (QED) is 0.674. The molecule has 2 rings (SSSR count). The highest BCUT2D eigenvalue weighted by Crippen LogP contribution is 2.05. The summed E-state index contributed by atoms with van der Waals surface area (Å²) in [5.41, 5.74) is 0.663. The second kappa shape index (κ2) is 2.40. The van der Waals surface area contributed by atoms with Crippen LogP contribution >= 0.6 is 22.6 Å². The molecule has 0 amide bonds. The number of halogens is 2. The number of nitrogens with zero attached hydrogens (tertiary/aromatic N) is 3. The predicted octanol–water partition coefficient (Wildman–Crippen LogP) is 1.47. The first-order chi connectivity index (χ1) is 5.25. The number of imidazole rings is 1. The Hall–Kier alpha value is -0.720. The van der Waals surface area contributed by atoms with Crippen molar-refractivity contribution in [3.8, 4) is 0 Å². The average molecular weight is 263 g/mol. The van der Waals surface area contributed by atoms with Gasteiger partial charge in [0.2, 0.25) is 5.95 Å². The lowest BCUT2D eigenvalue weighted by molar-refractivity contribution is 0.575. The van der Waals surface area contributed by atoms with Crippen molar-refractivity contribution in [3.05, 3.63) is 28.2 Å². The Morgan fingerprint density at radius 2 is 2.27 bits per heavy atom. The normalized spacial score (nSPS) is 10.7. The van der Waals surface area contributed by atoms with Crippen molar-refractivity contribution in [2.75, 3.05) is 0 Å². The largest absolute Gasteiger partial charge is 0.300 e. The number of aromatic nitrogens is 3. The van der Waals surface area contributed by atoms with Crippen molar-refractivity contribution in [1.82, 2.24) is 14.4 Å². The summed E-state index contributed by atoms with van der Waals surface area (Å²) in [7, 11) is 0. The van der Waals surface area contributed by atoms with Crippen LogP contribution in [-0.4, -0.2) is 14.4 Å². The predicted molar refractivity (Wildman–Crippen MR) is 45.7 cm³/mol. The zero-order valence-electron chi connectivity index (χ0n) is 5.33. The van der Waals surface area contributed by atoms with Gasteiger partial charge in [0.1, 0.15) is 3.70 Å². The van der Waals surface area contributed by atoms with Crippen molar-refractivity contribution in [2.45, 2.75) is 0 Å². The lowest BCUT2D eigenvalue weighted by Crippen LogP contribution is -1.88. The van der Waals surface area contributed by atoms with Gasteiger partial charge in [0.25, 0.3) is 0 Å². The summed E-state index contributed by atoms with van der Waals surface area (Å²) in [4.78, 5) is 7.54. The molecule has 0 atom stereocenters. The molecule has 0 saturated carbocycles. The van der Waals surface area contributed by atoms with Gasteiger partial charge in [-0.2, -0.15) is 4.39 Å². The fourth-order valence-electron chi connectivity index (χ4n) is 0.843. The van der Waals surface area contributed by atoms with Gasteiger partial charge in [-0.3, -0.25) is 0 Å². The third-order valence-corrected chi connectivity index (χ3v) is 1.80. The molecular formula is C6H3FIN3. The molecule has 0 saturated heterocycles. The van der Waals surface area contributed by atoms with Gasteiger partial charge in [-0.25, -0.2) is 9.97 Å². The highest BCUT2D eigenvalue weighted by atomic mass is 127. The Bertz CT molecular complexity index is 398. The molecule has 0 fully saturated rings. The maximum atomic E-state index is 12.5. The molecular weight excluding hydrogens is 260 g/mol. The summed E-state index contributed by atoms with van der Waals surface area (Å²) < 4.78 is 14.9. The van der Waals surface area contributed by atoms with Gasteiger partial charge in [-0.15, -0.1) is 0 Å². The Labute approximate surface area is 75.4 Å². The topological polar surface area (TPSA) is 30.2 Å². The zero-order valence-corrected chi connectivity index (χ0v) is 7.49. The maximum Gasteiger partial charge on any atom is 0.229 e. The van der Waals surface area contributed by atoms with Gasteiger partial charge < -0.3 is 4.40 Å². The molecule has 2 aromatic rings. The molecule has 0 spiro atoms. The first kappa shape index (κ1) is 6.96. The van der Waals surface area contributed by atoms with E-state index in [1.165, 1.54) is 12.4 Å². The minimum atomic E-state index is -0.494. The van der Waals surface area contributed by atoms with E-state index in [0.29, 0.717) is 5.65 Å². The van der Waals surface area contributed by atoms with Crippen molar-refractivity contribution < 1.29 is 4.39 Å². The number of hydrogen-bond acceptors (Lipinski definition) is 2. The highest BCUT2D eigenvalue weighted by Gasteiger charge is 1.98. The molecule has 11 heavy (non-hydrogen) atoms. The van der Waals surface area contributed by atoms with Gasteiger partial charge >= 0.3 is 0 Å². The van der Waals surface area contributed by atoms with E-state index in [2.05, 4.69) is 32.6 Å². The van der Waals surface area contributed by atoms with Gasteiger partial charge in [0.05, 0.1) is 12.4 Å². The van der Waals surface area contributed by atoms with Crippen LogP contribution in [0.3, 0.4) is 0 Å². The van der Waals surface area contributed by atoms with Crippen LogP contribution in [0.4, 0.5) is 4.39 Å². The van der Waals surface area contributed by atoms with Crippen LogP contribution in [0.2, 0.25) is 0 Å². The van der Waals surface area contributed by atoms with Gasteiger partial charge in [0, 0.05) is 6.20 Å². The van der Waals surface area contributed by atoms with Crippen LogP contribution in [-0.2, 0) is 0 Å². The van der Waals surface area contributed by atoms with Crippen LogP contribution in [0.15, 0.2) is 18.6 Å². The molecule has 0 aliphatic carbocycles. The van der Waals surface area contributed by atoms with Crippen molar-refractivity contribution in [3.63, 3.8) is 0 Å². The van der Waals surface area contributed by atoms with E-state index in [-0.39, 0.29) is 0 Å². The molecule has 2 heterocycles. The lowest BCUT2D eigenvalue weighted by atomic mass is 10.7. The molecule has 0 bridgehead atoms. The van der Waals surface area contributed by atoms with Gasteiger partial charge in [0.15, 0.2) is 5.65 Å². The van der Waals surface area contributed by atoms with Crippen molar-refractivity contribution >= 4 is 28.2 Å². The molecule has 0 aliphatic heterocycles. The Kier molecular flexibility index (Phi) is 1.52. The molecule has 0 unspecified atom stereocenters. The third-order valence-electron chi connectivity index (χ3n) is 1.28. The van der Waals surface area contributed by atoms with Gasteiger partial charge in [-0.1, -0.05) is 0 Å². The molecule has 0 N–H and O–H groups in total. The van der Waals surface area contributed by atoms with Crippen LogP contribution in [0.25, 0.3) is 5.65 Å². The summed E-state index contributed by atoms with van der Waals surface area (Å²) in [5, 5.41) is 0. The van der Waals surface area contributed by atoms with E-state index in [0.717, 1.165) is 3.70 Å². The first-order valence-electron chi connectivity index (χ1n) is 2.91. The Morgan fingerprint density at radius 1 is 1.45 bits per heavy atom. The molecule has 0 radical (unpaired) electrons. The van der Waals surface area contributed by atoms with E-state index >= 15 is 0 Å². The standard InChI is InChI=1S/C6H3FIN3/c7-4-2-11-3-5(8)10-6(11)1-9-4/h1-3H. The first-order valence-corrected chi connectivity index (χ1v) is 3.99. The van der Waals surface area contributed by atoms with Crippen LogP contribution < -0.4 is 0 Å². The smallest absolute Gasteiger partial charge is 0.229 e. The van der Waals surface area contributed by atoms with Crippen molar-refractivity contribution in [1.29, 1.82) is 0 Å². The van der Waals surface area contributed by atoms with Crippen LogP contribution in [0, 0.1) is 9.65 Å². The highest BCUT2D eigenvalue weighted by molar-refractivity contribution is 14.1. The van der Waals surface area contributed by atoms with Crippen LogP contribution in [0.5, 0.6) is 0 Å². The van der Waals surface area contributed by atoms with E-state index in [1.54, 1.807) is 10.6 Å². The molecule has 2 aromatic heterocycles. The summed E-state index contributed by atoms with van der Waals surface area (Å²) in [5.74, 6) is -0.494. The van der Waals surface area contributed by atoms with E-state index in [4.69, 9.17) is 0 Å². The minimum absolute atomic E-state index is 0.494. The molecule has 3 nitrogen and oxygen atoms in total. The Morgan fingerprint density at radius 3 is 3.09 bits per heavy atom. The molecule has 0 aliphatic rings. The zero-order chi connectivity index (χ0) is 7.84. The van der Waals surface area contributed by atoms with E-state index in [9.17, 15) is 4.39 Å². The number of fused-ring (bicyclic) bond motifs is 1. The minimum Gasteiger partial charge on any atom is -0.300 e. The fourth-order valence-corrected chi connectivity index (χ4v) is 1.39. The molecule has 56 valence electrons. The molecule has 5 heteroatoms. The average Bonchev–Trinajstić information content (AvgIpc) is 2.27. The monoisotopic (exact) mass is 263 g/mol. The summed E-state index contributed by atoms with van der Waals surface area (Å²) in [6, 6.07) is 0. The van der Waals surface area contributed by atoms with Gasteiger partial charge in [-0.05, 0) is 22.6 Å². The summed E-state index contributed by atoms with van der Waals surface area (Å²) in [6.07, 6.45) is 4.43. The summed E-state index contributed by atoms with van der Waals surface area (Å²) >= 11 is 2.06. The summed E-state index contributed by atoms with van der Waals surface area (Å²) in [6.45, 7) is 0.